The molecule has 8 rings (SSSR count). The molecule has 2 N–H and O–H groups in total. The van der Waals surface area contributed by atoms with Crippen molar-refractivity contribution in [3.63, 3.8) is 0 Å². The first kappa shape index (κ1) is 23.3. The summed E-state index contributed by atoms with van der Waals surface area (Å²) in [6, 6.07) is 41.9. The van der Waals surface area contributed by atoms with Gasteiger partial charge >= 0.3 is 0 Å². The first-order chi connectivity index (χ1) is 19.7. The van der Waals surface area contributed by atoms with Gasteiger partial charge in [-0.2, -0.15) is 0 Å². The number of hydrogen-bond acceptors (Lipinski definition) is 4. The van der Waals surface area contributed by atoms with Gasteiger partial charge in [0, 0.05) is 33.0 Å². The van der Waals surface area contributed by atoms with Gasteiger partial charge in [0.2, 0.25) is 0 Å². The zero-order valence-corrected chi connectivity index (χ0v) is 22.2. The number of nitrogens with zero attached hydrogens (tertiary/aromatic N) is 1. The van der Waals surface area contributed by atoms with Crippen LogP contribution in [0, 0.1) is 0 Å². The Morgan fingerprint density at radius 2 is 1.35 bits per heavy atom. The minimum absolute atomic E-state index is 0.266. The molecule has 0 saturated heterocycles. The fraction of sp³-hybridized carbons (Fsp3) is 0.0571. The molecule has 6 aromatic carbocycles. The van der Waals surface area contributed by atoms with E-state index in [9.17, 15) is 0 Å². The van der Waals surface area contributed by atoms with E-state index < -0.39 is 0 Å². The van der Waals surface area contributed by atoms with E-state index in [1.807, 2.05) is 30.3 Å². The molecule has 1 aliphatic rings. The average molecular weight is 538 g/mol. The van der Waals surface area contributed by atoms with Gasteiger partial charge in [-0.1, -0.05) is 103 Å². The molecule has 2 heterocycles. The van der Waals surface area contributed by atoms with Gasteiger partial charge in [-0.15, -0.1) is 0 Å². The lowest BCUT2D eigenvalue weighted by atomic mass is 10.00. The molecule has 0 fully saturated rings. The number of aliphatic imine (C=N–C) groups is 1. The van der Waals surface area contributed by atoms with E-state index in [0.29, 0.717) is 5.02 Å². The third kappa shape index (κ3) is 3.92. The molecule has 0 amide bonds. The zero-order chi connectivity index (χ0) is 26.6. The molecule has 1 aliphatic heterocycles. The Hall–Kier alpha value is -4.64. The topological polar surface area (TPSA) is 49.6 Å². The molecular formula is C35H24ClN3O. The number of fused-ring (bicyclic) bond motifs is 5. The highest BCUT2D eigenvalue weighted by Gasteiger charge is 2.28. The highest BCUT2D eigenvalue weighted by atomic mass is 35.5. The maximum Gasteiger partial charge on any atom is 0.137 e. The predicted molar refractivity (Wildman–Crippen MR) is 165 cm³/mol. The monoisotopic (exact) mass is 537 g/mol. The number of hydrogen-bond donors (Lipinski definition) is 2. The van der Waals surface area contributed by atoms with Gasteiger partial charge in [-0.05, 0) is 51.4 Å². The Kier molecular flexibility index (Phi) is 5.37. The second-order valence-electron chi connectivity index (χ2n) is 10.3. The molecule has 7 aromatic rings. The van der Waals surface area contributed by atoms with E-state index in [4.69, 9.17) is 21.0 Å². The third-order valence-corrected chi connectivity index (χ3v) is 7.98. The van der Waals surface area contributed by atoms with Crippen molar-refractivity contribution in [3.8, 4) is 0 Å². The normalized spacial score (nSPS) is 17.4. The van der Waals surface area contributed by atoms with Crippen LogP contribution in [-0.2, 0) is 0 Å². The molecule has 4 nitrogen and oxygen atoms in total. The number of nitrogens with one attached hydrogen (secondary N) is 2. The maximum absolute atomic E-state index is 6.66. The molecular weight excluding hydrogens is 514 g/mol. The highest BCUT2D eigenvalue weighted by Crippen LogP contribution is 2.38. The van der Waals surface area contributed by atoms with E-state index in [2.05, 4.69) is 102 Å². The molecule has 5 heteroatoms. The smallest absolute Gasteiger partial charge is 0.137 e. The van der Waals surface area contributed by atoms with E-state index >= 15 is 0 Å². The highest BCUT2D eigenvalue weighted by molar-refractivity contribution is 6.31. The van der Waals surface area contributed by atoms with Crippen molar-refractivity contribution in [1.29, 1.82) is 0 Å². The van der Waals surface area contributed by atoms with Crippen LogP contribution in [0.5, 0.6) is 0 Å². The lowest BCUT2D eigenvalue weighted by molar-refractivity contribution is 0.411. The summed E-state index contributed by atoms with van der Waals surface area (Å²) in [5.74, 6) is 0.827. The Labute approximate surface area is 235 Å². The Morgan fingerprint density at radius 3 is 2.17 bits per heavy atom. The van der Waals surface area contributed by atoms with Gasteiger partial charge < -0.3 is 9.73 Å². The fourth-order valence-electron chi connectivity index (χ4n) is 5.83. The summed E-state index contributed by atoms with van der Waals surface area (Å²) >= 11 is 6.66. The summed E-state index contributed by atoms with van der Waals surface area (Å²) < 4.78 is 6.21. The molecule has 0 saturated carbocycles. The van der Waals surface area contributed by atoms with Crippen LogP contribution in [0.4, 0.5) is 0 Å². The van der Waals surface area contributed by atoms with E-state index in [0.717, 1.165) is 44.5 Å². The molecule has 2 unspecified atom stereocenters. The largest absolute Gasteiger partial charge is 0.456 e. The molecule has 0 bridgehead atoms. The van der Waals surface area contributed by atoms with Crippen LogP contribution in [0.15, 0.2) is 131 Å². The number of amidine groups is 1. The number of halogens is 1. The van der Waals surface area contributed by atoms with Crippen molar-refractivity contribution in [3.05, 3.63) is 143 Å². The van der Waals surface area contributed by atoms with Crippen molar-refractivity contribution < 1.29 is 4.42 Å². The summed E-state index contributed by atoms with van der Waals surface area (Å²) in [6.45, 7) is 0. The van der Waals surface area contributed by atoms with Crippen molar-refractivity contribution in [2.24, 2.45) is 4.99 Å². The lowest BCUT2D eigenvalue weighted by Crippen LogP contribution is -2.45. The second kappa shape index (κ2) is 9.23. The molecule has 2 atom stereocenters. The van der Waals surface area contributed by atoms with Gasteiger partial charge in [0.05, 0.1) is 0 Å². The van der Waals surface area contributed by atoms with Crippen molar-refractivity contribution in [2.75, 3.05) is 0 Å². The zero-order valence-electron chi connectivity index (χ0n) is 21.4. The summed E-state index contributed by atoms with van der Waals surface area (Å²) in [5, 5.41) is 15.0. The van der Waals surface area contributed by atoms with Crippen LogP contribution >= 0.6 is 11.6 Å². The maximum atomic E-state index is 6.66. The predicted octanol–water partition coefficient (Wildman–Crippen LogP) is 8.88. The third-order valence-electron chi connectivity index (χ3n) is 7.76. The van der Waals surface area contributed by atoms with Gasteiger partial charge in [0.25, 0.3) is 0 Å². The summed E-state index contributed by atoms with van der Waals surface area (Å²) in [7, 11) is 0. The van der Waals surface area contributed by atoms with Crippen molar-refractivity contribution in [2.45, 2.75) is 12.3 Å². The van der Waals surface area contributed by atoms with Crippen LogP contribution in [0.3, 0.4) is 0 Å². The van der Waals surface area contributed by atoms with Crippen LogP contribution < -0.4 is 10.6 Å². The van der Waals surface area contributed by atoms with Crippen LogP contribution in [0.2, 0.25) is 5.02 Å². The van der Waals surface area contributed by atoms with Gasteiger partial charge in [-0.25, -0.2) is 4.99 Å². The van der Waals surface area contributed by atoms with Crippen LogP contribution in [0.25, 0.3) is 43.5 Å². The van der Waals surface area contributed by atoms with Gasteiger partial charge in [-0.3, -0.25) is 5.32 Å². The van der Waals surface area contributed by atoms with Gasteiger partial charge in [0.15, 0.2) is 0 Å². The fourth-order valence-corrected chi connectivity index (χ4v) is 6.05. The standard InChI is InChI=1S/C35H24ClN3O/c36-27-19-29(32-28-11-5-6-12-30(28)40-31(32)20-27)35-38-33(25-15-13-21-7-1-3-9-23(21)17-25)37-34(39-35)26-16-14-22-8-2-4-10-24(22)18-26/h1-20,33,35,38H,(H,37,39). The minimum Gasteiger partial charge on any atom is -0.456 e. The quantitative estimate of drug-likeness (QED) is 0.236. The van der Waals surface area contributed by atoms with Crippen LogP contribution in [-0.4, -0.2) is 5.84 Å². The second-order valence-corrected chi connectivity index (χ2v) is 10.7. The van der Waals surface area contributed by atoms with E-state index in [-0.39, 0.29) is 12.3 Å². The summed E-state index contributed by atoms with van der Waals surface area (Å²) in [5.41, 5.74) is 4.76. The lowest BCUT2D eigenvalue weighted by Gasteiger charge is -2.32. The SMILES string of the molecule is Clc1cc(C2NC(c3ccc4ccccc4c3)=NC(c3ccc4ccccc4c3)N2)c2c(c1)oc1ccccc12. The number of benzene rings is 6. The number of para-hydroxylation sites is 1. The van der Waals surface area contributed by atoms with Crippen molar-refractivity contribution >= 4 is 60.9 Å². The molecule has 192 valence electrons. The molecule has 0 radical (unpaired) electrons. The van der Waals surface area contributed by atoms with Gasteiger partial charge in [0.1, 0.15) is 29.3 Å². The Morgan fingerprint density at radius 1 is 0.650 bits per heavy atom. The van der Waals surface area contributed by atoms with E-state index in [1.165, 1.54) is 21.5 Å². The van der Waals surface area contributed by atoms with Crippen molar-refractivity contribution in [1.82, 2.24) is 10.6 Å². The minimum atomic E-state index is -0.274. The first-order valence-corrected chi connectivity index (χ1v) is 13.8. The first-order valence-electron chi connectivity index (χ1n) is 13.4. The number of rotatable bonds is 3. The molecule has 1 aromatic heterocycles. The number of furan rings is 1. The molecule has 0 spiro atoms. The Balaban J connectivity index is 1.31. The van der Waals surface area contributed by atoms with E-state index in [1.54, 1.807) is 0 Å². The molecule has 0 aliphatic carbocycles. The summed E-state index contributed by atoms with van der Waals surface area (Å²) in [4.78, 5) is 5.20. The molecule has 40 heavy (non-hydrogen) atoms. The average Bonchev–Trinajstić information content (AvgIpc) is 3.38. The van der Waals surface area contributed by atoms with Crippen LogP contribution in [0.1, 0.15) is 29.0 Å². The Bertz CT molecular complexity index is 2110. The summed E-state index contributed by atoms with van der Waals surface area (Å²) in [6.07, 6.45) is -0.540.